The van der Waals surface area contributed by atoms with E-state index in [4.69, 9.17) is 0 Å². The number of fused-ring (bicyclic) bond motifs is 1. The molecule has 2 aromatic rings. The maximum Gasteiger partial charge on any atom is 0.222 e. The zero-order valence-electron chi connectivity index (χ0n) is 15.8. The maximum absolute atomic E-state index is 12.7. The van der Waals surface area contributed by atoms with Crippen LogP contribution in [0.25, 0.3) is 10.8 Å². The first-order valence-corrected chi connectivity index (χ1v) is 9.24. The third kappa shape index (κ3) is 3.84. The molecule has 3 rings (SSSR count). The number of nitrogens with zero attached hydrogens (tertiary/aromatic N) is 2. The zero-order valence-corrected chi connectivity index (χ0v) is 15.8. The van der Waals surface area contributed by atoms with Crippen LogP contribution in [0.15, 0.2) is 30.5 Å². The van der Waals surface area contributed by atoms with E-state index < -0.39 is 5.54 Å². The molecule has 1 fully saturated rings. The molecule has 0 spiro atoms. The molecule has 134 valence electrons. The Morgan fingerprint density at radius 3 is 2.84 bits per heavy atom. The number of carbonyl (C=O) groups excluding carboxylic acids is 1. The minimum atomic E-state index is -0.502. The van der Waals surface area contributed by atoms with Gasteiger partial charge in [0.15, 0.2) is 0 Å². The number of likely N-dealkylation sites (tertiary alicyclic amines) is 1. The molecule has 1 saturated heterocycles. The van der Waals surface area contributed by atoms with E-state index in [2.05, 4.69) is 47.4 Å². The number of hydrogen-bond donors (Lipinski definition) is 1. The predicted molar refractivity (Wildman–Crippen MR) is 103 cm³/mol. The first-order valence-electron chi connectivity index (χ1n) is 9.24. The van der Waals surface area contributed by atoms with Crippen LogP contribution in [0.2, 0.25) is 0 Å². The van der Waals surface area contributed by atoms with Crippen LogP contribution >= 0.6 is 0 Å². The SMILES string of the molecule is Cc1cccc2c(C(C)(C)NC(=O)C[C@@H]3CCCCN3C)nccc12. The Bertz CT molecular complexity index is 769. The number of benzene rings is 1. The second-order valence-electron chi connectivity index (χ2n) is 7.84. The number of pyridine rings is 1. The summed E-state index contributed by atoms with van der Waals surface area (Å²) in [5.41, 5.74) is 1.66. The Morgan fingerprint density at radius 2 is 2.08 bits per heavy atom. The minimum Gasteiger partial charge on any atom is -0.346 e. The lowest BCUT2D eigenvalue weighted by atomic mass is 9.92. The Hall–Kier alpha value is -1.94. The molecular formula is C21H29N3O. The van der Waals surface area contributed by atoms with Crippen LogP contribution < -0.4 is 5.32 Å². The van der Waals surface area contributed by atoms with Gasteiger partial charge in [-0.25, -0.2) is 0 Å². The molecule has 0 unspecified atom stereocenters. The van der Waals surface area contributed by atoms with E-state index in [9.17, 15) is 4.79 Å². The minimum absolute atomic E-state index is 0.107. The summed E-state index contributed by atoms with van der Waals surface area (Å²) in [7, 11) is 2.12. The highest BCUT2D eigenvalue weighted by Gasteiger charge is 2.29. The summed E-state index contributed by atoms with van der Waals surface area (Å²) < 4.78 is 0. The van der Waals surface area contributed by atoms with Crippen molar-refractivity contribution in [1.82, 2.24) is 15.2 Å². The topological polar surface area (TPSA) is 45.2 Å². The van der Waals surface area contributed by atoms with E-state index >= 15 is 0 Å². The summed E-state index contributed by atoms with van der Waals surface area (Å²) in [4.78, 5) is 19.6. The molecule has 0 bridgehead atoms. The molecule has 4 nitrogen and oxygen atoms in total. The average molecular weight is 339 g/mol. The number of aromatic nitrogens is 1. The third-order valence-corrected chi connectivity index (χ3v) is 5.41. The van der Waals surface area contributed by atoms with Crippen LogP contribution in [-0.4, -0.2) is 35.4 Å². The van der Waals surface area contributed by atoms with Crippen molar-refractivity contribution in [1.29, 1.82) is 0 Å². The van der Waals surface area contributed by atoms with Gasteiger partial charge in [0.25, 0.3) is 0 Å². The summed E-state index contributed by atoms with van der Waals surface area (Å²) in [6.45, 7) is 7.28. The number of rotatable bonds is 4. The highest BCUT2D eigenvalue weighted by atomic mass is 16.1. The Labute approximate surface area is 150 Å². The normalized spacial score (nSPS) is 19.1. The third-order valence-electron chi connectivity index (χ3n) is 5.41. The number of nitrogens with one attached hydrogen (secondary N) is 1. The van der Waals surface area contributed by atoms with Crippen LogP contribution in [0.3, 0.4) is 0 Å². The lowest BCUT2D eigenvalue weighted by molar-refractivity contribution is -0.124. The van der Waals surface area contributed by atoms with Crippen LogP contribution in [0.4, 0.5) is 0 Å². The summed E-state index contributed by atoms with van der Waals surface area (Å²) in [6, 6.07) is 8.65. The Morgan fingerprint density at radius 1 is 1.28 bits per heavy atom. The second kappa shape index (κ2) is 7.12. The number of carbonyl (C=O) groups is 1. The van der Waals surface area contributed by atoms with Gasteiger partial charge in [-0.1, -0.05) is 24.6 Å². The zero-order chi connectivity index (χ0) is 18.0. The van der Waals surface area contributed by atoms with Gasteiger partial charge in [-0.2, -0.15) is 0 Å². The van der Waals surface area contributed by atoms with Crippen molar-refractivity contribution < 1.29 is 4.79 Å². The van der Waals surface area contributed by atoms with Crippen molar-refractivity contribution in [3.05, 3.63) is 41.7 Å². The van der Waals surface area contributed by atoms with Crippen molar-refractivity contribution in [3.63, 3.8) is 0 Å². The van der Waals surface area contributed by atoms with Crippen molar-refractivity contribution in [3.8, 4) is 0 Å². The van der Waals surface area contributed by atoms with Gasteiger partial charge in [0, 0.05) is 24.0 Å². The molecular weight excluding hydrogens is 310 g/mol. The molecule has 4 heteroatoms. The second-order valence-corrected chi connectivity index (χ2v) is 7.84. The number of aryl methyl sites for hydroxylation is 1. The van der Waals surface area contributed by atoms with Gasteiger partial charge >= 0.3 is 0 Å². The molecule has 1 N–H and O–H groups in total. The summed E-state index contributed by atoms with van der Waals surface area (Å²) in [5.74, 6) is 0.107. The molecule has 0 aliphatic carbocycles. The molecule has 2 heterocycles. The highest BCUT2D eigenvalue weighted by molar-refractivity contribution is 5.88. The number of hydrogen-bond acceptors (Lipinski definition) is 3. The Kier molecular flexibility index (Phi) is 5.09. The van der Waals surface area contributed by atoms with Gasteiger partial charge < -0.3 is 10.2 Å². The summed E-state index contributed by atoms with van der Waals surface area (Å²) >= 11 is 0. The molecule has 1 amide bonds. The van der Waals surface area contributed by atoms with E-state index in [-0.39, 0.29) is 5.91 Å². The Balaban J connectivity index is 1.80. The van der Waals surface area contributed by atoms with Gasteiger partial charge in [-0.05, 0) is 64.2 Å². The van der Waals surface area contributed by atoms with Crippen molar-refractivity contribution in [2.75, 3.05) is 13.6 Å². The lowest BCUT2D eigenvalue weighted by Crippen LogP contribution is -2.45. The highest BCUT2D eigenvalue weighted by Crippen LogP contribution is 2.28. The largest absolute Gasteiger partial charge is 0.346 e. The van der Waals surface area contributed by atoms with E-state index in [1.807, 2.05) is 26.1 Å². The van der Waals surface area contributed by atoms with E-state index in [0.717, 1.165) is 24.0 Å². The molecule has 0 radical (unpaired) electrons. The van der Waals surface area contributed by atoms with Gasteiger partial charge in [-0.3, -0.25) is 9.78 Å². The van der Waals surface area contributed by atoms with Crippen LogP contribution in [0, 0.1) is 6.92 Å². The van der Waals surface area contributed by atoms with Crippen LogP contribution in [0.1, 0.15) is 50.8 Å². The monoisotopic (exact) mass is 339 g/mol. The fraction of sp³-hybridized carbons (Fsp3) is 0.524. The van der Waals surface area contributed by atoms with E-state index in [0.29, 0.717) is 12.5 Å². The molecule has 1 aliphatic heterocycles. The van der Waals surface area contributed by atoms with Crippen LogP contribution in [0.5, 0.6) is 0 Å². The van der Waals surface area contributed by atoms with E-state index in [1.54, 1.807) is 0 Å². The molecule has 1 aromatic carbocycles. The van der Waals surface area contributed by atoms with E-state index in [1.165, 1.54) is 23.8 Å². The standard InChI is InChI=1S/C21H29N3O/c1-15-8-7-10-18-17(15)11-12-22-20(18)21(2,3)23-19(25)14-16-9-5-6-13-24(16)4/h7-8,10-12,16H,5-6,9,13-14H2,1-4H3,(H,23,25)/t16-/m0/s1. The smallest absolute Gasteiger partial charge is 0.222 e. The van der Waals surface area contributed by atoms with Gasteiger partial charge in [0.05, 0.1) is 11.2 Å². The fourth-order valence-corrected chi connectivity index (χ4v) is 3.94. The molecule has 1 aromatic heterocycles. The lowest BCUT2D eigenvalue weighted by Gasteiger charge is -2.33. The number of amides is 1. The first-order chi connectivity index (χ1) is 11.9. The van der Waals surface area contributed by atoms with Crippen molar-refractivity contribution in [2.24, 2.45) is 0 Å². The average Bonchev–Trinajstić information content (AvgIpc) is 2.56. The van der Waals surface area contributed by atoms with Crippen molar-refractivity contribution in [2.45, 2.75) is 58.0 Å². The molecule has 0 saturated carbocycles. The van der Waals surface area contributed by atoms with Gasteiger partial charge in [-0.15, -0.1) is 0 Å². The summed E-state index contributed by atoms with van der Waals surface area (Å²) in [6.07, 6.45) is 5.96. The van der Waals surface area contributed by atoms with Gasteiger partial charge in [0.1, 0.15) is 0 Å². The fourth-order valence-electron chi connectivity index (χ4n) is 3.94. The van der Waals surface area contributed by atoms with Gasteiger partial charge in [0.2, 0.25) is 5.91 Å². The predicted octanol–water partition coefficient (Wildman–Crippen LogP) is 3.77. The maximum atomic E-state index is 12.7. The number of piperidine rings is 1. The molecule has 1 aliphatic rings. The molecule has 1 atom stereocenters. The van der Waals surface area contributed by atoms with Crippen LogP contribution in [-0.2, 0) is 10.3 Å². The summed E-state index contributed by atoms with van der Waals surface area (Å²) in [5, 5.41) is 5.53. The molecule has 25 heavy (non-hydrogen) atoms. The first kappa shape index (κ1) is 17.9. The van der Waals surface area contributed by atoms with Crippen molar-refractivity contribution >= 4 is 16.7 Å². The quantitative estimate of drug-likeness (QED) is 0.922.